The molecule has 0 spiro atoms. The number of fused-ring (bicyclic) bond motifs is 2. The van der Waals surface area contributed by atoms with Crippen LogP contribution in [0.1, 0.15) is 23.6 Å². The molecule has 0 saturated heterocycles. The van der Waals surface area contributed by atoms with E-state index in [2.05, 4.69) is 48.6 Å². The van der Waals surface area contributed by atoms with E-state index >= 15 is 0 Å². The minimum atomic E-state index is -0.225. The number of likely N-dealkylation sites (N-methyl/N-ethyl adjacent to an activating group) is 1. The molecule has 0 unspecified atom stereocenters. The van der Waals surface area contributed by atoms with Crippen molar-refractivity contribution in [2.24, 2.45) is 0 Å². The molecule has 1 atom stereocenters. The average Bonchev–Trinajstić information content (AvgIpc) is 3.56. The molecule has 1 aromatic carbocycles. The lowest BCUT2D eigenvalue weighted by atomic mass is 10.1. The van der Waals surface area contributed by atoms with Gasteiger partial charge in [0.2, 0.25) is 11.9 Å². The van der Waals surface area contributed by atoms with E-state index < -0.39 is 0 Å². The topological polar surface area (TPSA) is 119 Å². The standard InChI is InChI=1S/C23H26N10O/c1-4-21(34)27-18-7-5-6-17-16(18)8-9-20(17)33-22-19(29-30-33)13-24-23(28-22)26-15-12-25-32(14-15)11-10-31(2)3/h4-7,12-14,20H,1,8-11H2,2-3H3,(H,27,34)(H,24,26,28)/t20-/m0/s1. The van der Waals surface area contributed by atoms with E-state index in [4.69, 9.17) is 4.98 Å². The van der Waals surface area contributed by atoms with Gasteiger partial charge < -0.3 is 15.5 Å². The van der Waals surface area contributed by atoms with Crippen molar-refractivity contribution in [3.8, 4) is 0 Å². The molecule has 0 saturated carbocycles. The lowest BCUT2D eigenvalue weighted by Crippen LogP contribution is -2.18. The normalized spacial score (nSPS) is 15.0. The fourth-order valence-corrected chi connectivity index (χ4v) is 4.18. The minimum absolute atomic E-state index is 0.0304. The van der Waals surface area contributed by atoms with Crippen molar-refractivity contribution >= 4 is 34.4 Å². The number of nitrogens with zero attached hydrogens (tertiary/aromatic N) is 8. The fraction of sp³-hybridized carbons (Fsp3) is 0.304. The van der Waals surface area contributed by atoms with E-state index in [1.807, 2.05) is 41.8 Å². The van der Waals surface area contributed by atoms with E-state index in [1.165, 1.54) is 6.08 Å². The highest BCUT2D eigenvalue weighted by molar-refractivity contribution is 5.99. The summed E-state index contributed by atoms with van der Waals surface area (Å²) in [5.74, 6) is 0.227. The Morgan fingerprint density at radius 2 is 2.21 bits per heavy atom. The van der Waals surface area contributed by atoms with Gasteiger partial charge in [-0.15, -0.1) is 5.10 Å². The van der Waals surface area contributed by atoms with E-state index in [1.54, 1.807) is 12.4 Å². The number of nitrogens with one attached hydrogen (secondary N) is 2. The molecule has 174 valence electrons. The third-order valence-corrected chi connectivity index (χ3v) is 5.86. The minimum Gasteiger partial charge on any atom is -0.322 e. The number of benzene rings is 1. The Kier molecular flexibility index (Phi) is 5.76. The van der Waals surface area contributed by atoms with Crippen molar-refractivity contribution in [1.29, 1.82) is 0 Å². The molecular formula is C23H26N10O. The second-order valence-electron chi connectivity index (χ2n) is 8.48. The Bertz CT molecular complexity index is 1360. The van der Waals surface area contributed by atoms with Crippen molar-refractivity contribution in [3.05, 3.63) is 60.6 Å². The molecule has 0 fully saturated rings. The zero-order valence-electron chi connectivity index (χ0n) is 19.1. The monoisotopic (exact) mass is 458 g/mol. The molecule has 34 heavy (non-hydrogen) atoms. The molecule has 11 heteroatoms. The Hall–Kier alpha value is -4.12. The molecular weight excluding hydrogens is 432 g/mol. The van der Waals surface area contributed by atoms with Crippen LogP contribution in [0.4, 0.5) is 17.3 Å². The summed E-state index contributed by atoms with van der Waals surface area (Å²) in [6.07, 6.45) is 8.27. The number of amides is 1. The van der Waals surface area contributed by atoms with Crippen LogP contribution >= 0.6 is 0 Å². The molecule has 3 heterocycles. The SMILES string of the molecule is C=CC(=O)Nc1cccc2c1CC[C@@H]2n1nnc2cnc(Nc3cnn(CCN(C)C)c3)nc21. The van der Waals surface area contributed by atoms with Gasteiger partial charge in [0.05, 0.1) is 30.7 Å². The van der Waals surface area contributed by atoms with Gasteiger partial charge in [-0.1, -0.05) is 23.9 Å². The van der Waals surface area contributed by atoms with Gasteiger partial charge >= 0.3 is 0 Å². The van der Waals surface area contributed by atoms with Crippen LogP contribution in [-0.2, 0) is 17.8 Å². The van der Waals surface area contributed by atoms with Gasteiger partial charge in [-0.2, -0.15) is 10.1 Å². The smallest absolute Gasteiger partial charge is 0.247 e. The predicted octanol–water partition coefficient (Wildman–Crippen LogP) is 2.38. The van der Waals surface area contributed by atoms with E-state index in [9.17, 15) is 4.79 Å². The first-order valence-corrected chi connectivity index (χ1v) is 11.1. The number of hydrogen-bond donors (Lipinski definition) is 2. The Morgan fingerprint density at radius 3 is 3.03 bits per heavy atom. The maximum atomic E-state index is 11.8. The van der Waals surface area contributed by atoms with Crippen LogP contribution in [0.15, 0.2) is 49.4 Å². The average molecular weight is 459 g/mol. The highest BCUT2D eigenvalue weighted by Gasteiger charge is 2.29. The first-order valence-electron chi connectivity index (χ1n) is 11.1. The van der Waals surface area contributed by atoms with Crippen molar-refractivity contribution in [2.75, 3.05) is 31.3 Å². The molecule has 2 N–H and O–H groups in total. The number of carbonyl (C=O) groups is 1. The third kappa shape index (κ3) is 4.25. The highest BCUT2D eigenvalue weighted by atomic mass is 16.1. The van der Waals surface area contributed by atoms with Gasteiger partial charge in [0.15, 0.2) is 11.2 Å². The van der Waals surface area contributed by atoms with Crippen LogP contribution in [0, 0.1) is 0 Å². The summed E-state index contributed by atoms with van der Waals surface area (Å²) in [5.41, 5.74) is 5.09. The summed E-state index contributed by atoms with van der Waals surface area (Å²) in [7, 11) is 4.06. The van der Waals surface area contributed by atoms with Crippen molar-refractivity contribution in [3.63, 3.8) is 0 Å². The first-order chi connectivity index (χ1) is 16.5. The molecule has 0 radical (unpaired) electrons. The fourth-order valence-electron chi connectivity index (χ4n) is 4.18. The molecule has 5 rings (SSSR count). The highest BCUT2D eigenvalue weighted by Crippen LogP contribution is 2.38. The lowest BCUT2D eigenvalue weighted by Gasteiger charge is -2.14. The van der Waals surface area contributed by atoms with Gasteiger partial charge in [0, 0.05) is 18.4 Å². The van der Waals surface area contributed by atoms with E-state index in [0.29, 0.717) is 17.1 Å². The molecule has 4 aromatic rings. The summed E-state index contributed by atoms with van der Waals surface area (Å²) >= 11 is 0. The number of hydrogen-bond acceptors (Lipinski definition) is 8. The Balaban J connectivity index is 1.40. The zero-order chi connectivity index (χ0) is 23.7. The summed E-state index contributed by atoms with van der Waals surface area (Å²) in [6.45, 7) is 5.23. The van der Waals surface area contributed by atoms with Crippen molar-refractivity contribution in [2.45, 2.75) is 25.4 Å². The van der Waals surface area contributed by atoms with Crippen molar-refractivity contribution < 1.29 is 4.79 Å². The second kappa shape index (κ2) is 9.02. The van der Waals surface area contributed by atoms with Crippen LogP contribution in [0.25, 0.3) is 11.2 Å². The first kappa shape index (κ1) is 21.7. The summed E-state index contributed by atoms with van der Waals surface area (Å²) in [4.78, 5) is 23.0. The third-order valence-electron chi connectivity index (χ3n) is 5.86. The van der Waals surface area contributed by atoms with Gasteiger partial charge in [-0.3, -0.25) is 9.48 Å². The van der Waals surface area contributed by atoms with Gasteiger partial charge in [-0.25, -0.2) is 9.67 Å². The van der Waals surface area contributed by atoms with Crippen LogP contribution in [-0.4, -0.2) is 66.2 Å². The maximum absolute atomic E-state index is 11.8. The van der Waals surface area contributed by atoms with Crippen LogP contribution in [0.3, 0.4) is 0 Å². The van der Waals surface area contributed by atoms with Gasteiger partial charge in [0.1, 0.15) is 0 Å². The molecule has 11 nitrogen and oxygen atoms in total. The van der Waals surface area contributed by atoms with Crippen molar-refractivity contribution in [1.82, 2.24) is 39.6 Å². The van der Waals surface area contributed by atoms with Crippen LogP contribution < -0.4 is 10.6 Å². The van der Waals surface area contributed by atoms with Gasteiger partial charge in [0.25, 0.3) is 0 Å². The predicted molar refractivity (Wildman–Crippen MR) is 129 cm³/mol. The van der Waals surface area contributed by atoms with E-state index in [0.717, 1.165) is 48.4 Å². The van der Waals surface area contributed by atoms with Crippen LogP contribution in [0.2, 0.25) is 0 Å². The summed E-state index contributed by atoms with van der Waals surface area (Å²) in [5, 5.41) is 19.2. The van der Waals surface area contributed by atoms with Crippen LogP contribution in [0.5, 0.6) is 0 Å². The zero-order valence-corrected chi connectivity index (χ0v) is 19.1. The molecule has 1 amide bonds. The quantitative estimate of drug-likeness (QED) is 0.386. The molecule has 1 aliphatic carbocycles. The van der Waals surface area contributed by atoms with Gasteiger partial charge in [-0.05, 0) is 50.2 Å². The number of anilines is 3. The molecule has 0 aliphatic heterocycles. The Labute approximate surface area is 196 Å². The number of rotatable bonds is 8. The summed E-state index contributed by atoms with van der Waals surface area (Å²) in [6, 6.07) is 5.87. The molecule has 3 aromatic heterocycles. The molecule has 1 aliphatic rings. The second-order valence-corrected chi connectivity index (χ2v) is 8.48. The number of aromatic nitrogens is 7. The van der Waals surface area contributed by atoms with E-state index in [-0.39, 0.29) is 11.9 Å². The summed E-state index contributed by atoms with van der Waals surface area (Å²) < 4.78 is 3.72. The Morgan fingerprint density at radius 1 is 1.32 bits per heavy atom. The largest absolute Gasteiger partial charge is 0.322 e. The molecule has 0 bridgehead atoms. The lowest BCUT2D eigenvalue weighted by molar-refractivity contribution is -0.111. The maximum Gasteiger partial charge on any atom is 0.247 e. The number of carbonyl (C=O) groups excluding carboxylic acids is 1.